The molecule has 0 radical (unpaired) electrons. The Morgan fingerprint density at radius 3 is 2.74 bits per heavy atom. The Morgan fingerprint density at radius 1 is 1.21 bits per heavy atom. The van der Waals surface area contributed by atoms with Crippen molar-refractivity contribution in [2.75, 3.05) is 5.33 Å². The summed E-state index contributed by atoms with van der Waals surface area (Å²) in [6, 6.07) is 10.0. The smallest absolute Gasteiger partial charge is 0.226 e. The average molecular weight is 320 g/mol. The fraction of sp³-hybridized carbons (Fsp3) is 0.312. The van der Waals surface area contributed by atoms with Crippen molar-refractivity contribution in [3.05, 3.63) is 53.9 Å². The number of unbranched alkanes of at least 4 members (excludes halogenated alkanes) is 1. The average Bonchev–Trinajstić information content (AvgIpc) is 2.81. The Kier molecular flexibility index (Phi) is 5.40. The van der Waals surface area contributed by atoms with Crippen molar-refractivity contribution in [2.45, 2.75) is 26.2 Å². The first-order valence-corrected chi connectivity index (χ1v) is 7.66. The maximum atomic E-state index is 5.73. The first kappa shape index (κ1) is 14.1. The van der Waals surface area contributed by atoms with Crippen molar-refractivity contribution in [3.63, 3.8) is 0 Å². The molecule has 0 spiro atoms. The third kappa shape index (κ3) is 4.06. The van der Waals surface area contributed by atoms with Crippen molar-refractivity contribution in [1.82, 2.24) is 4.98 Å². The van der Waals surface area contributed by atoms with E-state index < -0.39 is 0 Å². The Labute approximate surface area is 122 Å². The zero-order chi connectivity index (χ0) is 13.5. The third-order valence-electron chi connectivity index (χ3n) is 2.90. The third-order valence-corrected chi connectivity index (χ3v) is 3.46. The van der Waals surface area contributed by atoms with Gasteiger partial charge in [0.05, 0.1) is 5.69 Å². The van der Waals surface area contributed by atoms with Crippen LogP contribution in [-0.2, 0) is 6.42 Å². The number of benzene rings is 1. The molecule has 0 fully saturated rings. The molecule has 2 rings (SSSR count). The van der Waals surface area contributed by atoms with Crippen molar-refractivity contribution in [1.29, 1.82) is 0 Å². The van der Waals surface area contributed by atoms with Crippen LogP contribution in [0.2, 0.25) is 0 Å². The van der Waals surface area contributed by atoms with Gasteiger partial charge >= 0.3 is 0 Å². The normalized spacial score (nSPS) is 11.3. The standard InChI is InChI=1S/C16H18BrNO/c1-13-15(11-7-2-3-8-12-17)18-16(19-13)14-9-5-4-6-10-14/h2,4-7,9-10H,3,8,11-12H2,1H3. The monoisotopic (exact) mass is 319 g/mol. The minimum absolute atomic E-state index is 0.710. The summed E-state index contributed by atoms with van der Waals surface area (Å²) in [5, 5.41) is 1.05. The molecule has 0 aliphatic carbocycles. The molecule has 1 aromatic heterocycles. The van der Waals surface area contributed by atoms with Gasteiger partial charge in [-0.2, -0.15) is 0 Å². The Balaban J connectivity index is 2.03. The molecule has 2 nitrogen and oxygen atoms in total. The van der Waals surface area contributed by atoms with Crippen LogP contribution in [0.1, 0.15) is 24.3 Å². The van der Waals surface area contributed by atoms with Gasteiger partial charge in [-0.25, -0.2) is 4.98 Å². The highest BCUT2D eigenvalue weighted by molar-refractivity contribution is 9.09. The SMILES string of the molecule is Cc1oc(-c2ccccc2)nc1CC=CCCCBr. The van der Waals surface area contributed by atoms with Gasteiger partial charge in [-0.05, 0) is 31.9 Å². The summed E-state index contributed by atoms with van der Waals surface area (Å²) < 4.78 is 5.73. The molecule has 1 aromatic carbocycles. The Morgan fingerprint density at radius 2 is 2.00 bits per heavy atom. The number of allylic oxidation sites excluding steroid dienone is 2. The molecular weight excluding hydrogens is 302 g/mol. The minimum atomic E-state index is 0.710. The van der Waals surface area contributed by atoms with Gasteiger partial charge in [0.1, 0.15) is 5.76 Å². The van der Waals surface area contributed by atoms with Crippen LogP contribution >= 0.6 is 15.9 Å². The van der Waals surface area contributed by atoms with E-state index in [-0.39, 0.29) is 0 Å². The number of aromatic nitrogens is 1. The lowest BCUT2D eigenvalue weighted by Gasteiger charge is -1.92. The summed E-state index contributed by atoms with van der Waals surface area (Å²) in [6.07, 6.45) is 7.49. The van der Waals surface area contributed by atoms with E-state index in [4.69, 9.17) is 4.42 Å². The van der Waals surface area contributed by atoms with E-state index in [0.717, 1.165) is 35.2 Å². The van der Waals surface area contributed by atoms with Gasteiger partial charge in [-0.1, -0.05) is 46.3 Å². The Hall–Kier alpha value is -1.35. The molecule has 3 heteroatoms. The zero-order valence-corrected chi connectivity index (χ0v) is 12.7. The van der Waals surface area contributed by atoms with Crippen LogP contribution in [0.5, 0.6) is 0 Å². The second kappa shape index (κ2) is 7.29. The first-order valence-electron chi connectivity index (χ1n) is 6.54. The maximum Gasteiger partial charge on any atom is 0.226 e. The van der Waals surface area contributed by atoms with E-state index in [1.54, 1.807) is 0 Å². The quantitative estimate of drug-likeness (QED) is 0.429. The van der Waals surface area contributed by atoms with Gasteiger partial charge in [0, 0.05) is 17.3 Å². The van der Waals surface area contributed by atoms with E-state index in [9.17, 15) is 0 Å². The maximum absolute atomic E-state index is 5.73. The highest BCUT2D eigenvalue weighted by atomic mass is 79.9. The van der Waals surface area contributed by atoms with Crippen LogP contribution in [0.25, 0.3) is 11.5 Å². The van der Waals surface area contributed by atoms with Crippen LogP contribution in [-0.4, -0.2) is 10.3 Å². The van der Waals surface area contributed by atoms with Crippen molar-refractivity contribution in [2.24, 2.45) is 0 Å². The Bertz CT molecular complexity index is 531. The van der Waals surface area contributed by atoms with Gasteiger partial charge in [-0.3, -0.25) is 0 Å². The molecule has 0 amide bonds. The number of hydrogen-bond acceptors (Lipinski definition) is 2. The fourth-order valence-corrected chi connectivity index (χ4v) is 2.15. The van der Waals surface area contributed by atoms with E-state index >= 15 is 0 Å². The van der Waals surface area contributed by atoms with Crippen LogP contribution in [0.15, 0.2) is 46.9 Å². The lowest BCUT2D eigenvalue weighted by Crippen LogP contribution is -1.85. The van der Waals surface area contributed by atoms with E-state index in [0.29, 0.717) is 5.89 Å². The highest BCUT2D eigenvalue weighted by Crippen LogP contribution is 2.21. The molecule has 2 aromatic rings. The number of aryl methyl sites for hydroxylation is 1. The predicted molar refractivity (Wildman–Crippen MR) is 82.5 cm³/mol. The second-order valence-electron chi connectivity index (χ2n) is 4.39. The fourth-order valence-electron chi connectivity index (χ4n) is 1.83. The molecule has 0 N–H and O–H groups in total. The first-order chi connectivity index (χ1) is 9.31. The van der Waals surface area contributed by atoms with Gasteiger partial charge in [0.2, 0.25) is 5.89 Å². The molecule has 0 bridgehead atoms. The van der Waals surface area contributed by atoms with E-state index in [2.05, 4.69) is 33.1 Å². The summed E-state index contributed by atoms with van der Waals surface area (Å²) in [6.45, 7) is 1.97. The largest absolute Gasteiger partial charge is 0.441 e. The number of hydrogen-bond donors (Lipinski definition) is 0. The molecule has 1 heterocycles. The van der Waals surface area contributed by atoms with Crippen molar-refractivity contribution < 1.29 is 4.42 Å². The van der Waals surface area contributed by atoms with Crippen LogP contribution in [0.4, 0.5) is 0 Å². The molecular formula is C16H18BrNO. The number of halogens is 1. The van der Waals surface area contributed by atoms with Crippen LogP contribution in [0.3, 0.4) is 0 Å². The summed E-state index contributed by atoms with van der Waals surface area (Å²) in [5.74, 6) is 1.62. The van der Waals surface area contributed by atoms with Gasteiger partial charge in [0.25, 0.3) is 0 Å². The minimum Gasteiger partial charge on any atom is -0.441 e. The van der Waals surface area contributed by atoms with Gasteiger partial charge in [-0.15, -0.1) is 0 Å². The predicted octanol–water partition coefficient (Wildman–Crippen LogP) is 4.92. The van der Waals surface area contributed by atoms with Crippen molar-refractivity contribution in [3.8, 4) is 11.5 Å². The van der Waals surface area contributed by atoms with Crippen molar-refractivity contribution >= 4 is 15.9 Å². The molecule has 0 aliphatic heterocycles. The van der Waals surface area contributed by atoms with E-state index in [1.165, 1.54) is 6.42 Å². The number of alkyl halides is 1. The van der Waals surface area contributed by atoms with Gasteiger partial charge in [0.15, 0.2) is 0 Å². The lowest BCUT2D eigenvalue weighted by atomic mass is 10.2. The lowest BCUT2D eigenvalue weighted by molar-refractivity contribution is 0.540. The zero-order valence-electron chi connectivity index (χ0n) is 11.1. The van der Waals surface area contributed by atoms with Crippen LogP contribution in [0, 0.1) is 6.92 Å². The molecule has 0 atom stereocenters. The number of oxazole rings is 1. The van der Waals surface area contributed by atoms with Gasteiger partial charge < -0.3 is 4.42 Å². The summed E-state index contributed by atoms with van der Waals surface area (Å²) in [5.41, 5.74) is 2.05. The topological polar surface area (TPSA) is 26.0 Å². The summed E-state index contributed by atoms with van der Waals surface area (Å²) >= 11 is 3.43. The number of rotatable bonds is 6. The summed E-state index contributed by atoms with van der Waals surface area (Å²) in [4.78, 5) is 4.57. The highest BCUT2D eigenvalue weighted by Gasteiger charge is 2.09. The summed E-state index contributed by atoms with van der Waals surface area (Å²) in [7, 11) is 0. The second-order valence-corrected chi connectivity index (χ2v) is 5.19. The molecule has 0 saturated heterocycles. The molecule has 100 valence electrons. The van der Waals surface area contributed by atoms with E-state index in [1.807, 2.05) is 37.3 Å². The molecule has 0 unspecified atom stereocenters. The van der Waals surface area contributed by atoms with Crippen LogP contribution < -0.4 is 0 Å². The molecule has 19 heavy (non-hydrogen) atoms. The molecule has 0 aliphatic rings. The number of nitrogens with zero attached hydrogens (tertiary/aromatic N) is 1. The molecule has 0 saturated carbocycles.